The molecule has 0 fully saturated rings. The van der Waals surface area contributed by atoms with E-state index in [1.54, 1.807) is 4.68 Å². The van der Waals surface area contributed by atoms with Gasteiger partial charge < -0.3 is 10.0 Å². The minimum atomic E-state index is -0.796. The summed E-state index contributed by atoms with van der Waals surface area (Å²) in [5.74, 6) is -0.223. The van der Waals surface area contributed by atoms with Crippen LogP contribution in [0.4, 0.5) is 0 Å². The lowest BCUT2D eigenvalue weighted by Gasteiger charge is -2.16. The van der Waals surface area contributed by atoms with Crippen LogP contribution in [0.25, 0.3) is 0 Å². The maximum absolute atomic E-state index is 11.2. The molecule has 102 valence electrons. The highest BCUT2D eigenvalue weighted by Gasteiger charge is 2.21. The fourth-order valence-corrected chi connectivity index (χ4v) is 1.79. The zero-order valence-electron chi connectivity index (χ0n) is 11.4. The molecule has 0 aliphatic heterocycles. The van der Waals surface area contributed by atoms with Crippen molar-refractivity contribution in [1.82, 2.24) is 25.1 Å². The number of aliphatic carboxylic acids is 1. The van der Waals surface area contributed by atoms with Crippen LogP contribution in [0.2, 0.25) is 0 Å². The van der Waals surface area contributed by atoms with Crippen molar-refractivity contribution >= 4 is 5.97 Å². The second-order valence-electron chi connectivity index (χ2n) is 5.18. The second-order valence-corrected chi connectivity index (χ2v) is 5.18. The molecule has 1 N–H and O–H groups in total. The molecule has 1 unspecified atom stereocenters. The van der Waals surface area contributed by atoms with E-state index < -0.39 is 11.9 Å². The van der Waals surface area contributed by atoms with Crippen LogP contribution in [0, 0.1) is 11.8 Å². The van der Waals surface area contributed by atoms with Gasteiger partial charge in [0.1, 0.15) is 0 Å². The molecular formula is C11H21N5O2. The molecule has 0 bridgehead atoms. The Hall–Kier alpha value is -1.50. The van der Waals surface area contributed by atoms with Gasteiger partial charge in [-0.3, -0.25) is 4.79 Å². The molecule has 7 nitrogen and oxygen atoms in total. The normalized spacial score (nSPS) is 13.2. The van der Waals surface area contributed by atoms with E-state index in [4.69, 9.17) is 0 Å². The van der Waals surface area contributed by atoms with E-state index in [0.717, 1.165) is 0 Å². The Labute approximate surface area is 107 Å². The zero-order chi connectivity index (χ0) is 13.7. The fourth-order valence-electron chi connectivity index (χ4n) is 1.79. The van der Waals surface area contributed by atoms with Crippen molar-refractivity contribution in [3.05, 3.63) is 5.82 Å². The topological polar surface area (TPSA) is 84.1 Å². The van der Waals surface area contributed by atoms with Crippen molar-refractivity contribution in [2.45, 2.75) is 33.4 Å². The molecular weight excluding hydrogens is 234 g/mol. The molecule has 1 aromatic rings. The summed E-state index contributed by atoms with van der Waals surface area (Å²) < 4.78 is 1.58. The number of hydrogen-bond acceptors (Lipinski definition) is 5. The summed E-state index contributed by atoms with van der Waals surface area (Å²) in [5, 5.41) is 20.6. The predicted octanol–water partition coefficient (Wildman–Crippen LogP) is 0.482. The van der Waals surface area contributed by atoms with Gasteiger partial charge in [0.2, 0.25) is 0 Å². The lowest BCUT2D eigenvalue weighted by molar-refractivity contribution is -0.142. The van der Waals surface area contributed by atoms with Gasteiger partial charge >= 0.3 is 5.97 Å². The third kappa shape index (κ3) is 4.40. The first-order chi connectivity index (χ1) is 8.40. The van der Waals surface area contributed by atoms with Gasteiger partial charge in [0.25, 0.3) is 0 Å². The number of hydrogen-bond donors (Lipinski definition) is 1. The van der Waals surface area contributed by atoms with Crippen LogP contribution in [0.1, 0.15) is 26.1 Å². The van der Waals surface area contributed by atoms with Crippen LogP contribution in [0.5, 0.6) is 0 Å². The number of nitrogens with zero attached hydrogens (tertiary/aromatic N) is 5. The van der Waals surface area contributed by atoms with Crippen molar-refractivity contribution < 1.29 is 9.90 Å². The molecule has 1 rings (SSSR count). The average Bonchev–Trinajstić information content (AvgIpc) is 2.63. The van der Waals surface area contributed by atoms with E-state index in [1.165, 1.54) is 0 Å². The lowest BCUT2D eigenvalue weighted by Crippen LogP contribution is -2.25. The first-order valence-electron chi connectivity index (χ1n) is 6.02. The second kappa shape index (κ2) is 6.44. The molecule has 0 saturated heterocycles. The summed E-state index contributed by atoms with van der Waals surface area (Å²) >= 11 is 0. The first-order valence-corrected chi connectivity index (χ1v) is 6.02. The van der Waals surface area contributed by atoms with Gasteiger partial charge in [0.15, 0.2) is 5.82 Å². The molecule has 7 heteroatoms. The number of rotatable bonds is 7. The Bertz CT molecular complexity index is 389. The average molecular weight is 255 g/mol. The maximum Gasteiger partial charge on any atom is 0.308 e. The summed E-state index contributed by atoms with van der Waals surface area (Å²) in [6.45, 7) is 4.94. The van der Waals surface area contributed by atoms with Crippen LogP contribution in [-0.2, 0) is 17.9 Å². The van der Waals surface area contributed by atoms with Gasteiger partial charge in [-0.15, -0.1) is 5.10 Å². The lowest BCUT2D eigenvalue weighted by atomic mass is 9.97. The molecule has 18 heavy (non-hydrogen) atoms. The fraction of sp³-hybridized carbons (Fsp3) is 0.818. The number of carboxylic acid groups (broad SMARTS) is 1. The minimum absolute atomic E-state index is 0.323. The van der Waals surface area contributed by atoms with Crippen LogP contribution in [-0.4, -0.2) is 50.3 Å². The molecule has 0 aromatic carbocycles. The third-order valence-electron chi connectivity index (χ3n) is 2.56. The zero-order valence-corrected chi connectivity index (χ0v) is 11.4. The molecule has 0 saturated carbocycles. The maximum atomic E-state index is 11.2. The van der Waals surface area contributed by atoms with Crippen molar-refractivity contribution in [2.75, 3.05) is 14.1 Å². The standard InChI is InChI=1S/C11H21N5O2/c1-8(2)5-9(11(17)18)6-16-10(7-15(3)4)12-13-14-16/h8-9H,5-7H2,1-4H3,(H,17,18). The Morgan fingerprint density at radius 1 is 1.44 bits per heavy atom. The van der Waals surface area contributed by atoms with E-state index >= 15 is 0 Å². The molecule has 1 aromatic heterocycles. The van der Waals surface area contributed by atoms with E-state index in [-0.39, 0.29) is 0 Å². The van der Waals surface area contributed by atoms with Gasteiger partial charge in [0.05, 0.1) is 19.0 Å². The van der Waals surface area contributed by atoms with Crippen LogP contribution in [0.3, 0.4) is 0 Å². The Balaban J connectivity index is 2.74. The van der Waals surface area contributed by atoms with Crippen molar-refractivity contribution in [3.63, 3.8) is 0 Å². The molecule has 0 spiro atoms. The van der Waals surface area contributed by atoms with Crippen LogP contribution in [0.15, 0.2) is 0 Å². The Kier molecular flexibility index (Phi) is 5.21. The molecule has 0 amide bonds. The van der Waals surface area contributed by atoms with Gasteiger partial charge in [0, 0.05) is 0 Å². The number of carbonyl (C=O) groups is 1. The van der Waals surface area contributed by atoms with E-state index in [2.05, 4.69) is 15.5 Å². The molecule has 0 aliphatic rings. The number of tetrazole rings is 1. The summed E-state index contributed by atoms with van der Waals surface area (Å²) in [6, 6.07) is 0. The Morgan fingerprint density at radius 2 is 2.11 bits per heavy atom. The van der Waals surface area contributed by atoms with Crippen molar-refractivity contribution in [1.29, 1.82) is 0 Å². The third-order valence-corrected chi connectivity index (χ3v) is 2.56. The van der Waals surface area contributed by atoms with E-state index in [9.17, 15) is 9.90 Å². The largest absolute Gasteiger partial charge is 0.481 e. The highest BCUT2D eigenvalue weighted by Crippen LogP contribution is 2.14. The quantitative estimate of drug-likeness (QED) is 0.763. The SMILES string of the molecule is CC(C)CC(Cn1nnnc1CN(C)C)C(=O)O. The van der Waals surface area contributed by atoms with Gasteiger partial charge in [-0.2, -0.15) is 0 Å². The van der Waals surface area contributed by atoms with Gasteiger partial charge in [-0.1, -0.05) is 13.8 Å². The number of carboxylic acids is 1. The molecule has 0 radical (unpaired) electrons. The number of aromatic nitrogens is 4. The first kappa shape index (κ1) is 14.6. The van der Waals surface area contributed by atoms with Crippen LogP contribution >= 0.6 is 0 Å². The molecule has 1 heterocycles. The summed E-state index contributed by atoms with van der Waals surface area (Å²) in [6.07, 6.45) is 0.622. The van der Waals surface area contributed by atoms with E-state index in [0.29, 0.717) is 31.3 Å². The smallest absolute Gasteiger partial charge is 0.308 e. The predicted molar refractivity (Wildman–Crippen MR) is 65.8 cm³/mol. The highest BCUT2D eigenvalue weighted by atomic mass is 16.4. The molecule has 1 atom stereocenters. The van der Waals surface area contributed by atoms with Crippen LogP contribution < -0.4 is 0 Å². The summed E-state index contributed by atoms with van der Waals surface area (Å²) in [4.78, 5) is 13.1. The summed E-state index contributed by atoms with van der Waals surface area (Å²) in [5.41, 5.74) is 0. The van der Waals surface area contributed by atoms with Crippen molar-refractivity contribution in [3.8, 4) is 0 Å². The summed E-state index contributed by atoms with van der Waals surface area (Å²) in [7, 11) is 3.84. The molecule has 0 aliphatic carbocycles. The van der Waals surface area contributed by atoms with E-state index in [1.807, 2.05) is 32.8 Å². The highest BCUT2D eigenvalue weighted by molar-refractivity contribution is 5.69. The Morgan fingerprint density at radius 3 is 2.61 bits per heavy atom. The minimum Gasteiger partial charge on any atom is -0.481 e. The van der Waals surface area contributed by atoms with Gasteiger partial charge in [-0.05, 0) is 36.9 Å². The van der Waals surface area contributed by atoms with Gasteiger partial charge in [-0.25, -0.2) is 4.68 Å². The monoisotopic (exact) mass is 255 g/mol. The van der Waals surface area contributed by atoms with Crippen molar-refractivity contribution in [2.24, 2.45) is 11.8 Å².